The van der Waals surface area contributed by atoms with Gasteiger partial charge in [0, 0.05) is 12.2 Å². The van der Waals surface area contributed by atoms with Crippen molar-refractivity contribution in [3.8, 4) is 0 Å². The summed E-state index contributed by atoms with van der Waals surface area (Å²) < 4.78 is 4.80. The first-order chi connectivity index (χ1) is 6.60. The van der Waals surface area contributed by atoms with E-state index in [4.69, 9.17) is 4.74 Å². The first kappa shape index (κ1) is 10.0. The zero-order valence-corrected chi connectivity index (χ0v) is 9.23. The Balaban J connectivity index is 2.00. The number of rotatable bonds is 2. The highest BCUT2D eigenvalue weighted by atomic mass is 32.2. The molecule has 0 heterocycles. The molecule has 2 rings (SSSR count). The van der Waals surface area contributed by atoms with Crippen molar-refractivity contribution in [2.24, 2.45) is 11.3 Å². The summed E-state index contributed by atoms with van der Waals surface area (Å²) in [6, 6.07) is 0. The fourth-order valence-corrected chi connectivity index (χ4v) is 3.79. The third kappa shape index (κ3) is 1.36. The first-order valence-corrected chi connectivity index (χ1v) is 5.74. The van der Waals surface area contributed by atoms with Gasteiger partial charge in [0.05, 0.1) is 12.5 Å². The van der Waals surface area contributed by atoms with Gasteiger partial charge in [0.25, 0.3) is 0 Å². The molecule has 0 saturated heterocycles. The molecule has 0 radical (unpaired) electrons. The summed E-state index contributed by atoms with van der Waals surface area (Å²) in [7, 11) is 1.44. The van der Waals surface area contributed by atoms with E-state index in [2.05, 4.69) is 0 Å². The van der Waals surface area contributed by atoms with Gasteiger partial charge in [0.2, 0.25) is 0 Å². The van der Waals surface area contributed by atoms with E-state index in [1.165, 1.54) is 18.9 Å². The van der Waals surface area contributed by atoms with Crippen molar-refractivity contribution in [1.82, 2.24) is 0 Å². The molecule has 3 nitrogen and oxygen atoms in total. The Morgan fingerprint density at radius 2 is 2.21 bits per heavy atom. The van der Waals surface area contributed by atoms with Crippen molar-refractivity contribution in [2.75, 3.05) is 7.11 Å². The molecule has 0 unspecified atom stereocenters. The highest BCUT2D eigenvalue weighted by Gasteiger charge is 2.67. The Kier molecular flexibility index (Phi) is 2.33. The molecular formula is C10H14O3S. The van der Waals surface area contributed by atoms with Crippen LogP contribution in [0.4, 0.5) is 0 Å². The summed E-state index contributed by atoms with van der Waals surface area (Å²) in [5.74, 6) is 0.318. The molecule has 2 aliphatic rings. The molecule has 14 heavy (non-hydrogen) atoms. The molecule has 0 aromatic rings. The van der Waals surface area contributed by atoms with Gasteiger partial charge >= 0.3 is 5.97 Å². The summed E-state index contributed by atoms with van der Waals surface area (Å²) in [5, 5.41) is 0.508. The number of carbonyl (C=O) groups excluding carboxylic acids is 2. The van der Waals surface area contributed by atoms with Crippen LogP contribution in [0.5, 0.6) is 0 Å². The molecule has 4 heteroatoms. The second-order valence-corrected chi connectivity index (χ2v) is 5.56. The highest BCUT2D eigenvalue weighted by Crippen LogP contribution is 2.66. The van der Waals surface area contributed by atoms with E-state index in [-0.39, 0.29) is 16.5 Å². The molecule has 2 fully saturated rings. The minimum atomic E-state index is -0.206. The average molecular weight is 214 g/mol. The van der Waals surface area contributed by atoms with E-state index in [0.717, 1.165) is 19.3 Å². The van der Waals surface area contributed by atoms with Crippen LogP contribution < -0.4 is 0 Å². The minimum absolute atomic E-state index is 0.0749. The fraction of sp³-hybridized carbons (Fsp3) is 0.800. The number of fused-ring (bicyclic) bond motifs is 1. The van der Waals surface area contributed by atoms with E-state index in [0.29, 0.717) is 11.2 Å². The quantitative estimate of drug-likeness (QED) is 0.655. The van der Waals surface area contributed by atoms with Crippen molar-refractivity contribution in [2.45, 2.75) is 31.4 Å². The lowest BCUT2D eigenvalue weighted by Gasteiger charge is -2.06. The maximum Gasteiger partial charge on any atom is 0.312 e. The van der Waals surface area contributed by atoms with Crippen LogP contribution in [0, 0.1) is 11.3 Å². The summed E-state index contributed by atoms with van der Waals surface area (Å²) in [5.41, 5.74) is -0.206. The van der Waals surface area contributed by atoms with Crippen molar-refractivity contribution in [1.29, 1.82) is 0 Å². The van der Waals surface area contributed by atoms with Gasteiger partial charge in [-0.1, -0.05) is 11.8 Å². The maximum absolute atomic E-state index is 11.5. The maximum atomic E-state index is 11.5. The highest BCUT2D eigenvalue weighted by molar-refractivity contribution is 8.14. The van der Waals surface area contributed by atoms with Crippen molar-refractivity contribution < 1.29 is 14.3 Å². The Labute approximate surface area is 87.6 Å². The van der Waals surface area contributed by atoms with Gasteiger partial charge in [-0.15, -0.1) is 0 Å². The van der Waals surface area contributed by atoms with Crippen LogP contribution in [0.15, 0.2) is 0 Å². The molecule has 2 saturated carbocycles. The van der Waals surface area contributed by atoms with Crippen LogP contribution in [0.3, 0.4) is 0 Å². The number of methoxy groups -OCH3 is 1. The van der Waals surface area contributed by atoms with Crippen molar-refractivity contribution in [3.63, 3.8) is 0 Å². The van der Waals surface area contributed by atoms with Crippen LogP contribution in [0.2, 0.25) is 0 Å². The van der Waals surface area contributed by atoms with E-state index < -0.39 is 0 Å². The van der Waals surface area contributed by atoms with E-state index in [9.17, 15) is 9.59 Å². The second kappa shape index (κ2) is 3.26. The fourth-order valence-electron chi connectivity index (χ4n) is 2.60. The van der Waals surface area contributed by atoms with Gasteiger partial charge in [-0.25, -0.2) is 0 Å². The monoisotopic (exact) mass is 214 g/mol. The molecule has 0 aromatic carbocycles. The lowest BCUT2D eigenvalue weighted by Crippen LogP contribution is -2.17. The van der Waals surface area contributed by atoms with Crippen molar-refractivity contribution in [3.05, 3.63) is 0 Å². The molecule has 0 spiro atoms. The third-order valence-corrected chi connectivity index (χ3v) is 4.57. The molecule has 0 N–H and O–H groups in total. The number of carbonyl (C=O) groups is 2. The molecule has 3 atom stereocenters. The van der Waals surface area contributed by atoms with E-state index >= 15 is 0 Å². The summed E-state index contributed by atoms with van der Waals surface area (Å²) in [6.45, 7) is 1.59. The molecule has 78 valence electrons. The topological polar surface area (TPSA) is 43.4 Å². The van der Waals surface area contributed by atoms with Gasteiger partial charge in [-0.3, -0.25) is 9.59 Å². The Bertz CT molecular complexity index is 289. The zero-order chi connectivity index (χ0) is 10.3. The minimum Gasteiger partial charge on any atom is -0.469 e. The van der Waals surface area contributed by atoms with Gasteiger partial charge in [-0.2, -0.15) is 0 Å². The molecule has 0 aliphatic heterocycles. The largest absolute Gasteiger partial charge is 0.469 e. The lowest BCUT2D eigenvalue weighted by molar-refractivity contribution is -0.147. The van der Waals surface area contributed by atoms with Gasteiger partial charge < -0.3 is 4.74 Å². The normalized spacial score (nSPS) is 39.0. The van der Waals surface area contributed by atoms with Crippen LogP contribution in [-0.4, -0.2) is 23.4 Å². The number of hydrogen-bond acceptors (Lipinski definition) is 4. The smallest absolute Gasteiger partial charge is 0.312 e. The molecule has 0 aromatic heterocycles. The summed E-state index contributed by atoms with van der Waals surface area (Å²) in [6.07, 6.45) is 2.80. The molecular weight excluding hydrogens is 200 g/mol. The zero-order valence-electron chi connectivity index (χ0n) is 8.41. The Hall–Kier alpha value is -0.510. The predicted octanol–water partition coefficient (Wildman–Crippen LogP) is 1.61. The van der Waals surface area contributed by atoms with Crippen LogP contribution in [0.1, 0.15) is 26.2 Å². The summed E-state index contributed by atoms with van der Waals surface area (Å²) >= 11 is 1.39. The third-order valence-electron chi connectivity index (χ3n) is 3.37. The molecule has 0 amide bonds. The van der Waals surface area contributed by atoms with Crippen LogP contribution in [-0.2, 0) is 14.3 Å². The standard InChI is InChI=1S/C10H14O3S/c1-6(11)14-8-3-4-10(5-7(8)10)9(12)13-2/h7-8H,3-5H2,1-2H3/t7-,8-,10+/m0/s1. The second-order valence-electron chi connectivity index (χ2n) is 4.14. The van der Waals surface area contributed by atoms with Gasteiger partial charge in [-0.05, 0) is 25.2 Å². The van der Waals surface area contributed by atoms with Crippen LogP contribution >= 0.6 is 11.8 Å². The Morgan fingerprint density at radius 3 is 2.71 bits per heavy atom. The number of esters is 1. The van der Waals surface area contributed by atoms with E-state index in [1.54, 1.807) is 6.92 Å². The average Bonchev–Trinajstić information content (AvgIpc) is 2.79. The van der Waals surface area contributed by atoms with E-state index in [1.807, 2.05) is 0 Å². The molecule has 0 bridgehead atoms. The van der Waals surface area contributed by atoms with Crippen molar-refractivity contribution >= 4 is 22.8 Å². The SMILES string of the molecule is COC(=O)[C@@]12CC[C@H](SC(C)=O)[C@@H]1C2. The molecule has 2 aliphatic carbocycles. The van der Waals surface area contributed by atoms with Crippen LogP contribution in [0.25, 0.3) is 0 Å². The van der Waals surface area contributed by atoms with Gasteiger partial charge in [0.1, 0.15) is 0 Å². The number of ether oxygens (including phenoxy) is 1. The first-order valence-electron chi connectivity index (χ1n) is 4.86. The lowest BCUT2D eigenvalue weighted by atomic mass is 10.1. The van der Waals surface area contributed by atoms with Gasteiger partial charge in [0.15, 0.2) is 5.12 Å². The number of thioether (sulfide) groups is 1. The predicted molar refractivity (Wildman–Crippen MR) is 53.9 cm³/mol. The number of hydrogen-bond donors (Lipinski definition) is 0. The Morgan fingerprint density at radius 1 is 1.50 bits per heavy atom. The summed E-state index contributed by atoms with van der Waals surface area (Å²) in [4.78, 5) is 22.4.